The molecule has 29 heavy (non-hydrogen) atoms. The molecule has 10 nitrogen and oxygen atoms in total. The third-order valence-electron chi connectivity index (χ3n) is 3.05. The van der Waals surface area contributed by atoms with Crippen LogP contribution < -0.4 is 21.3 Å². The smallest absolute Gasteiger partial charge is 0.325 e. The van der Waals surface area contributed by atoms with Gasteiger partial charge in [-0.15, -0.1) is 0 Å². The van der Waals surface area contributed by atoms with Crippen LogP contribution in [0.1, 0.15) is 24.2 Å². The lowest BCUT2D eigenvalue weighted by atomic mass is 10.2. The Hall–Kier alpha value is -2.85. The highest BCUT2D eigenvalue weighted by Crippen LogP contribution is 2.20. The van der Waals surface area contributed by atoms with Gasteiger partial charge in [0.2, 0.25) is 5.91 Å². The molecule has 1 rings (SSSR count). The maximum absolute atomic E-state index is 12.0. The van der Waals surface area contributed by atoms with Gasteiger partial charge >= 0.3 is 12.0 Å². The molecular formula is C17H20Cl2N4O6. The summed E-state index contributed by atoms with van der Waals surface area (Å²) in [5.74, 6) is -2.98. The molecule has 1 aromatic carbocycles. The summed E-state index contributed by atoms with van der Waals surface area (Å²) < 4.78 is 4.62. The number of imide groups is 1. The molecule has 12 heteroatoms. The van der Waals surface area contributed by atoms with E-state index in [4.69, 9.17) is 23.2 Å². The zero-order chi connectivity index (χ0) is 22.0. The molecule has 4 N–H and O–H groups in total. The van der Waals surface area contributed by atoms with Crippen LogP contribution >= 0.6 is 23.2 Å². The molecule has 0 unspecified atom stereocenters. The normalized spacial score (nSPS) is 10.1. The Labute approximate surface area is 176 Å². The van der Waals surface area contributed by atoms with E-state index in [1.165, 1.54) is 18.2 Å². The molecule has 0 heterocycles. The van der Waals surface area contributed by atoms with E-state index in [-0.39, 0.29) is 16.6 Å². The molecule has 0 fully saturated rings. The molecule has 158 valence electrons. The summed E-state index contributed by atoms with van der Waals surface area (Å²) >= 11 is 11.6. The first kappa shape index (κ1) is 24.2. The lowest BCUT2D eigenvalue weighted by Crippen LogP contribution is -2.44. The quantitative estimate of drug-likeness (QED) is 0.431. The van der Waals surface area contributed by atoms with Crippen molar-refractivity contribution in [3.05, 3.63) is 33.8 Å². The summed E-state index contributed by atoms with van der Waals surface area (Å²) in [5, 5.41) is 9.42. The second-order valence-electron chi connectivity index (χ2n) is 5.92. The zero-order valence-electron chi connectivity index (χ0n) is 15.6. The summed E-state index contributed by atoms with van der Waals surface area (Å²) in [6, 6.07) is 3.38. The summed E-state index contributed by atoms with van der Waals surface area (Å²) in [5.41, 5.74) is 0.135. The van der Waals surface area contributed by atoms with Crippen LogP contribution in [-0.2, 0) is 19.1 Å². The summed E-state index contributed by atoms with van der Waals surface area (Å²) in [7, 11) is 0. The molecule has 5 amide bonds. The number of amides is 5. The fourth-order valence-electron chi connectivity index (χ4n) is 1.82. The van der Waals surface area contributed by atoms with E-state index in [2.05, 4.69) is 20.7 Å². The van der Waals surface area contributed by atoms with Crippen molar-refractivity contribution in [2.24, 2.45) is 0 Å². The molecule has 0 radical (unpaired) electrons. The maximum atomic E-state index is 12.0. The van der Waals surface area contributed by atoms with Gasteiger partial charge in [0.25, 0.3) is 11.8 Å². The fraction of sp³-hybridized carbons (Fsp3) is 0.353. The van der Waals surface area contributed by atoms with E-state index < -0.39 is 49.4 Å². The summed E-state index contributed by atoms with van der Waals surface area (Å²) in [6.45, 7) is 1.79. The Balaban J connectivity index is 2.28. The molecule has 0 saturated carbocycles. The third kappa shape index (κ3) is 9.77. The highest BCUT2D eigenvalue weighted by molar-refractivity contribution is 6.36. The van der Waals surface area contributed by atoms with E-state index in [0.717, 1.165) is 0 Å². The van der Waals surface area contributed by atoms with Crippen molar-refractivity contribution in [3.8, 4) is 0 Å². The summed E-state index contributed by atoms with van der Waals surface area (Å²) in [4.78, 5) is 57.9. The van der Waals surface area contributed by atoms with Crippen molar-refractivity contribution in [1.29, 1.82) is 0 Å². The molecule has 0 atom stereocenters. The number of carbonyl (C=O) groups excluding carboxylic acids is 5. The minimum absolute atomic E-state index is 0.124. The Morgan fingerprint density at radius 3 is 2.31 bits per heavy atom. The van der Waals surface area contributed by atoms with Crippen molar-refractivity contribution < 1.29 is 28.7 Å². The predicted molar refractivity (Wildman–Crippen MR) is 105 cm³/mol. The predicted octanol–water partition coefficient (Wildman–Crippen LogP) is 0.617. The fourth-order valence-corrected chi connectivity index (χ4v) is 2.32. The first-order chi connectivity index (χ1) is 13.6. The first-order valence-electron chi connectivity index (χ1n) is 8.34. The van der Waals surface area contributed by atoms with Crippen LogP contribution in [-0.4, -0.2) is 55.5 Å². The Morgan fingerprint density at radius 2 is 1.69 bits per heavy atom. The number of nitrogens with one attached hydrogen (secondary N) is 4. The van der Waals surface area contributed by atoms with Gasteiger partial charge in [-0.1, -0.05) is 23.2 Å². The van der Waals surface area contributed by atoms with Crippen LogP contribution in [0.2, 0.25) is 10.0 Å². The molecule has 1 aromatic rings. The molecule has 0 aliphatic heterocycles. The SMILES string of the molecule is CC(C)NC(=O)NC(=O)COC(=O)CNC(=O)CNC(=O)c1ccc(Cl)cc1Cl. The number of halogens is 2. The zero-order valence-corrected chi connectivity index (χ0v) is 17.1. The molecular weight excluding hydrogens is 427 g/mol. The van der Waals surface area contributed by atoms with Gasteiger partial charge in [0, 0.05) is 11.1 Å². The van der Waals surface area contributed by atoms with Gasteiger partial charge in [-0.05, 0) is 32.0 Å². The van der Waals surface area contributed by atoms with Crippen molar-refractivity contribution in [2.75, 3.05) is 19.7 Å². The molecule has 0 bridgehead atoms. The molecule has 0 aliphatic carbocycles. The van der Waals surface area contributed by atoms with E-state index in [1.54, 1.807) is 13.8 Å². The van der Waals surface area contributed by atoms with Crippen LogP contribution in [0.15, 0.2) is 18.2 Å². The van der Waals surface area contributed by atoms with Crippen LogP contribution in [0.4, 0.5) is 4.79 Å². The van der Waals surface area contributed by atoms with E-state index in [0.29, 0.717) is 5.02 Å². The van der Waals surface area contributed by atoms with Crippen molar-refractivity contribution in [1.82, 2.24) is 21.3 Å². The number of urea groups is 1. The summed E-state index contributed by atoms with van der Waals surface area (Å²) in [6.07, 6.45) is 0. The Kier molecular flexibility index (Phi) is 9.90. The van der Waals surface area contributed by atoms with Gasteiger partial charge in [0.05, 0.1) is 17.1 Å². The minimum atomic E-state index is -0.898. The van der Waals surface area contributed by atoms with Gasteiger partial charge < -0.3 is 20.7 Å². The first-order valence-corrected chi connectivity index (χ1v) is 9.10. The molecule has 0 aromatic heterocycles. The van der Waals surface area contributed by atoms with Gasteiger partial charge in [-0.2, -0.15) is 0 Å². The lowest BCUT2D eigenvalue weighted by Gasteiger charge is -2.10. The van der Waals surface area contributed by atoms with Crippen LogP contribution in [0.3, 0.4) is 0 Å². The number of carbonyl (C=O) groups is 5. The molecule has 0 saturated heterocycles. The molecule has 0 aliphatic rings. The monoisotopic (exact) mass is 446 g/mol. The second kappa shape index (κ2) is 11.9. The Bertz CT molecular complexity index is 800. The van der Waals surface area contributed by atoms with Crippen molar-refractivity contribution in [3.63, 3.8) is 0 Å². The maximum Gasteiger partial charge on any atom is 0.325 e. The highest BCUT2D eigenvalue weighted by atomic mass is 35.5. The topological polar surface area (TPSA) is 143 Å². The number of hydrogen-bond acceptors (Lipinski definition) is 6. The van der Waals surface area contributed by atoms with Crippen LogP contribution in [0.25, 0.3) is 0 Å². The van der Waals surface area contributed by atoms with E-state index >= 15 is 0 Å². The molecule has 0 spiro atoms. The van der Waals surface area contributed by atoms with Crippen molar-refractivity contribution in [2.45, 2.75) is 19.9 Å². The van der Waals surface area contributed by atoms with Crippen molar-refractivity contribution >= 4 is 52.9 Å². The lowest BCUT2D eigenvalue weighted by molar-refractivity contribution is -0.148. The number of ether oxygens (including phenoxy) is 1. The van der Waals surface area contributed by atoms with Gasteiger partial charge in [0.1, 0.15) is 6.54 Å². The van der Waals surface area contributed by atoms with Crippen LogP contribution in [0, 0.1) is 0 Å². The number of hydrogen-bond donors (Lipinski definition) is 4. The number of benzene rings is 1. The number of rotatable bonds is 8. The largest absolute Gasteiger partial charge is 0.454 e. The third-order valence-corrected chi connectivity index (χ3v) is 3.60. The average molecular weight is 447 g/mol. The van der Waals surface area contributed by atoms with E-state index in [1.807, 2.05) is 5.32 Å². The highest BCUT2D eigenvalue weighted by Gasteiger charge is 2.14. The second-order valence-corrected chi connectivity index (χ2v) is 6.76. The van der Waals surface area contributed by atoms with Gasteiger partial charge in [0.15, 0.2) is 6.61 Å². The van der Waals surface area contributed by atoms with Crippen LogP contribution in [0.5, 0.6) is 0 Å². The Morgan fingerprint density at radius 1 is 1.00 bits per heavy atom. The average Bonchev–Trinajstić information content (AvgIpc) is 2.61. The minimum Gasteiger partial charge on any atom is -0.454 e. The number of esters is 1. The van der Waals surface area contributed by atoms with Gasteiger partial charge in [-0.25, -0.2) is 4.79 Å². The van der Waals surface area contributed by atoms with E-state index in [9.17, 15) is 24.0 Å². The van der Waals surface area contributed by atoms with Gasteiger partial charge in [-0.3, -0.25) is 24.5 Å². The standard InChI is InChI=1S/C17H20Cl2N4O6/c1-9(2)22-17(28)23-14(25)8-29-15(26)7-20-13(24)6-21-16(27)11-4-3-10(18)5-12(11)19/h3-5,9H,6-8H2,1-2H3,(H,20,24)(H,21,27)(H2,22,23,25,28).